The highest BCUT2D eigenvalue weighted by atomic mass is 35.5. The molecule has 30 heavy (non-hydrogen) atoms. The van der Waals surface area contributed by atoms with E-state index >= 15 is 0 Å². The molecular weight excluding hydrogens is 417 g/mol. The van der Waals surface area contributed by atoms with Crippen molar-refractivity contribution < 1.29 is 18.0 Å². The quantitative estimate of drug-likeness (QED) is 0.586. The van der Waals surface area contributed by atoms with Crippen LogP contribution in [0.5, 0.6) is 0 Å². The zero-order valence-electron chi connectivity index (χ0n) is 15.6. The Labute approximate surface area is 175 Å². The third kappa shape index (κ3) is 4.23. The van der Waals surface area contributed by atoms with E-state index in [-0.39, 0.29) is 16.9 Å². The van der Waals surface area contributed by atoms with E-state index in [9.17, 15) is 18.0 Å². The van der Waals surface area contributed by atoms with Gasteiger partial charge in [-0.2, -0.15) is 13.2 Å². The average Bonchev–Trinajstić information content (AvgIpc) is 2.73. The fourth-order valence-electron chi connectivity index (χ4n) is 3.41. The molecule has 0 atom stereocenters. The summed E-state index contributed by atoms with van der Waals surface area (Å²) in [7, 11) is 0. The number of aromatic nitrogens is 2. The molecule has 4 rings (SSSR count). The summed E-state index contributed by atoms with van der Waals surface area (Å²) in [6.45, 7) is 0.886. The number of hydrogen-bond donors (Lipinski definition) is 1. The second kappa shape index (κ2) is 7.95. The van der Waals surface area contributed by atoms with Crippen molar-refractivity contribution in [3.8, 4) is 0 Å². The molecule has 0 saturated carbocycles. The predicted molar refractivity (Wildman–Crippen MR) is 107 cm³/mol. The van der Waals surface area contributed by atoms with Gasteiger partial charge in [0.25, 0.3) is 5.91 Å². The lowest BCUT2D eigenvalue weighted by Gasteiger charge is -2.30. The molecular formula is C21H16ClF3N4O. The van der Waals surface area contributed by atoms with Gasteiger partial charge in [0.15, 0.2) is 0 Å². The van der Waals surface area contributed by atoms with Crippen LogP contribution in [0.25, 0.3) is 0 Å². The normalized spacial score (nSPS) is 13.7. The summed E-state index contributed by atoms with van der Waals surface area (Å²) in [6, 6.07) is 12.1. The molecule has 154 valence electrons. The first kappa shape index (κ1) is 20.2. The number of benzene rings is 2. The largest absolute Gasteiger partial charge is 0.416 e. The highest BCUT2D eigenvalue weighted by Gasteiger charge is 2.30. The molecule has 3 aromatic rings. The van der Waals surface area contributed by atoms with Crippen LogP contribution < -0.4 is 5.32 Å². The van der Waals surface area contributed by atoms with Gasteiger partial charge in [0.2, 0.25) is 5.28 Å². The number of fused-ring (bicyclic) bond motifs is 1. The first-order valence-electron chi connectivity index (χ1n) is 9.14. The fraction of sp³-hybridized carbons (Fsp3) is 0.190. The first-order valence-corrected chi connectivity index (χ1v) is 9.52. The van der Waals surface area contributed by atoms with Crippen LogP contribution in [0.3, 0.4) is 0 Å². The monoisotopic (exact) mass is 432 g/mol. The number of carbonyl (C=O) groups excluding carboxylic acids is 1. The van der Waals surface area contributed by atoms with Gasteiger partial charge < -0.3 is 10.2 Å². The predicted octanol–water partition coefficient (Wildman–Crippen LogP) is 5.09. The molecule has 0 radical (unpaired) electrons. The topological polar surface area (TPSA) is 58.1 Å². The third-order valence-electron chi connectivity index (χ3n) is 4.89. The van der Waals surface area contributed by atoms with Gasteiger partial charge in [0.1, 0.15) is 5.69 Å². The molecule has 0 saturated heterocycles. The maximum Gasteiger partial charge on any atom is 0.416 e. The molecule has 0 spiro atoms. The minimum Gasteiger partial charge on any atom is -0.355 e. The first-order chi connectivity index (χ1) is 14.3. The zero-order valence-corrected chi connectivity index (χ0v) is 16.3. The van der Waals surface area contributed by atoms with Gasteiger partial charge in [0, 0.05) is 30.7 Å². The molecule has 0 unspecified atom stereocenters. The van der Waals surface area contributed by atoms with E-state index in [1.165, 1.54) is 24.4 Å². The summed E-state index contributed by atoms with van der Waals surface area (Å²) in [4.78, 5) is 22.2. The van der Waals surface area contributed by atoms with Crippen LogP contribution in [0.1, 0.15) is 27.2 Å². The van der Waals surface area contributed by atoms with Crippen molar-refractivity contribution in [2.75, 3.05) is 11.9 Å². The Hall–Kier alpha value is -3.13. The number of amides is 1. The lowest BCUT2D eigenvalue weighted by atomic mass is 9.97. The van der Waals surface area contributed by atoms with E-state index in [0.717, 1.165) is 28.9 Å². The minimum atomic E-state index is -4.37. The van der Waals surface area contributed by atoms with E-state index < -0.39 is 11.7 Å². The van der Waals surface area contributed by atoms with Gasteiger partial charge in [-0.3, -0.25) is 4.79 Å². The van der Waals surface area contributed by atoms with E-state index in [2.05, 4.69) is 15.3 Å². The van der Waals surface area contributed by atoms with Crippen molar-refractivity contribution in [2.24, 2.45) is 0 Å². The molecule has 0 bridgehead atoms. The number of nitrogens with zero attached hydrogens (tertiary/aromatic N) is 3. The van der Waals surface area contributed by atoms with Gasteiger partial charge in [0.05, 0.1) is 5.56 Å². The highest BCUT2D eigenvalue weighted by Crippen LogP contribution is 2.32. The molecule has 9 heteroatoms. The van der Waals surface area contributed by atoms with Gasteiger partial charge in [-0.25, -0.2) is 9.97 Å². The number of anilines is 2. The Kier molecular flexibility index (Phi) is 5.34. The summed E-state index contributed by atoms with van der Waals surface area (Å²) in [5.74, 6) is -0.231. The van der Waals surface area contributed by atoms with Crippen molar-refractivity contribution in [1.29, 1.82) is 0 Å². The summed E-state index contributed by atoms with van der Waals surface area (Å²) in [5.41, 5.74) is 2.91. The Bertz CT molecular complexity index is 1090. The van der Waals surface area contributed by atoms with Crippen LogP contribution in [0.15, 0.2) is 54.7 Å². The van der Waals surface area contributed by atoms with Crippen molar-refractivity contribution >= 4 is 28.9 Å². The summed E-state index contributed by atoms with van der Waals surface area (Å²) in [5, 5.41) is 3.20. The van der Waals surface area contributed by atoms with Crippen LogP contribution in [0.2, 0.25) is 5.28 Å². The third-order valence-corrected chi connectivity index (χ3v) is 5.07. The number of halogens is 4. The Morgan fingerprint density at radius 1 is 1.10 bits per heavy atom. The minimum absolute atomic E-state index is 0.0151. The number of hydrogen-bond acceptors (Lipinski definition) is 4. The van der Waals surface area contributed by atoms with Gasteiger partial charge in [-0.1, -0.05) is 12.1 Å². The Balaban J connectivity index is 1.52. The van der Waals surface area contributed by atoms with Gasteiger partial charge in [-0.05, 0) is 65.5 Å². The molecule has 1 aliphatic rings. The van der Waals surface area contributed by atoms with E-state index in [1.54, 1.807) is 4.90 Å². The molecule has 0 aliphatic carbocycles. The number of rotatable bonds is 3. The highest BCUT2D eigenvalue weighted by molar-refractivity contribution is 6.28. The molecule has 1 amide bonds. The SMILES string of the molecule is O=C(c1ccnc(Cl)n1)N1CCc2c(cccc2Nc2ccc(C(F)(F)F)cc2)C1. The van der Waals surface area contributed by atoms with Crippen LogP contribution >= 0.6 is 11.6 Å². The second-order valence-corrected chi connectivity index (χ2v) is 7.17. The molecule has 1 aliphatic heterocycles. The maximum absolute atomic E-state index is 12.8. The maximum atomic E-state index is 12.8. The van der Waals surface area contributed by atoms with Crippen molar-refractivity contribution in [3.63, 3.8) is 0 Å². The molecule has 1 aromatic heterocycles. The van der Waals surface area contributed by atoms with E-state index in [4.69, 9.17) is 11.6 Å². The average molecular weight is 433 g/mol. The van der Waals surface area contributed by atoms with Crippen LogP contribution in [-0.2, 0) is 19.1 Å². The van der Waals surface area contributed by atoms with Crippen molar-refractivity contribution in [3.05, 3.63) is 82.4 Å². The number of carbonyl (C=O) groups is 1. The van der Waals surface area contributed by atoms with Gasteiger partial charge in [-0.15, -0.1) is 0 Å². The van der Waals surface area contributed by atoms with E-state index in [1.807, 2.05) is 18.2 Å². The van der Waals surface area contributed by atoms with Crippen LogP contribution in [-0.4, -0.2) is 27.3 Å². The molecule has 5 nitrogen and oxygen atoms in total. The Morgan fingerprint density at radius 2 is 1.87 bits per heavy atom. The lowest BCUT2D eigenvalue weighted by Crippen LogP contribution is -2.36. The second-order valence-electron chi connectivity index (χ2n) is 6.83. The standard InChI is InChI=1S/C21H16ClF3N4O/c22-20-26-10-8-18(28-20)19(30)29-11-9-16-13(12-29)2-1-3-17(16)27-15-6-4-14(5-7-15)21(23,24)25/h1-8,10,27H,9,11-12H2. The molecule has 2 aromatic carbocycles. The lowest BCUT2D eigenvalue weighted by molar-refractivity contribution is -0.137. The zero-order chi connectivity index (χ0) is 21.3. The number of nitrogens with one attached hydrogen (secondary N) is 1. The van der Waals surface area contributed by atoms with Crippen molar-refractivity contribution in [2.45, 2.75) is 19.1 Å². The summed E-state index contributed by atoms with van der Waals surface area (Å²) < 4.78 is 38.3. The Morgan fingerprint density at radius 3 is 2.57 bits per heavy atom. The summed E-state index contributed by atoms with van der Waals surface area (Å²) >= 11 is 5.78. The number of alkyl halides is 3. The molecule has 2 heterocycles. The summed E-state index contributed by atoms with van der Waals surface area (Å²) in [6.07, 6.45) is -2.33. The molecule has 1 N–H and O–H groups in total. The smallest absolute Gasteiger partial charge is 0.355 e. The van der Waals surface area contributed by atoms with Crippen LogP contribution in [0, 0.1) is 0 Å². The van der Waals surface area contributed by atoms with Crippen molar-refractivity contribution in [1.82, 2.24) is 14.9 Å². The van der Waals surface area contributed by atoms with E-state index in [0.29, 0.717) is 25.2 Å². The molecule has 0 fully saturated rings. The fourth-order valence-corrected chi connectivity index (χ4v) is 3.56. The van der Waals surface area contributed by atoms with Crippen LogP contribution in [0.4, 0.5) is 24.5 Å². The van der Waals surface area contributed by atoms with Gasteiger partial charge >= 0.3 is 6.18 Å².